The Morgan fingerprint density at radius 2 is 2.05 bits per heavy atom. The van der Waals surface area contributed by atoms with Crippen molar-refractivity contribution in [1.82, 2.24) is 10.6 Å². The summed E-state index contributed by atoms with van der Waals surface area (Å²) in [7, 11) is 0. The van der Waals surface area contributed by atoms with Crippen LogP contribution in [-0.2, 0) is 6.54 Å². The molecule has 1 heterocycles. The van der Waals surface area contributed by atoms with Crippen molar-refractivity contribution in [3.05, 3.63) is 33.6 Å². The lowest BCUT2D eigenvalue weighted by molar-refractivity contribution is 0.146. The van der Waals surface area contributed by atoms with Crippen LogP contribution >= 0.6 is 35.6 Å². The van der Waals surface area contributed by atoms with Gasteiger partial charge in [0.25, 0.3) is 0 Å². The number of halogens is 4. The van der Waals surface area contributed by atoms with Gasteiger partial charge in [0.2, 0.25) is 0 Å². The van der Waals surface area contributed by atoms with Crippen molar-refractivity contribution in [2.45, 2.75) is 12.6 Å². The lowest BCUT2D eigenvalue weighted by Crippen LogP contribution is -2.30. The van der Waals surface area contributed by atoms with Gasteiger partial charge in [-0.1, -0.05) is 29.3 Å². The smallest absolute Gasteiger partial charge is 0.143 e. The second kappa shape index (κ2) is 7.62. The molecule has 0 aliphatic carbocycles. The predicted molar refractivity (Wildman–Crippen MR) is 77.7 cm³/mol. The molecule has 0 saturated carbocycles. The summed E-state index contributed by atoms with van der Waals surface area (Å²) in [4.78, 5) is 0. The van der Waals surface area contributed by atoms with E-state index in [-0.39, 0.29) is 34.5 Å². The van der Waals surface area contributed by atoms with Crippen molar-refractivity contribution in [2.24, 2.45) is 5.92 Å². The molecule has 0 amide bonds. The van der Waals surface area contributed by atoms with E-state index in [1.165, 1.54) is 6.07 Å². The lowest BCUT2D eigenvalue weighted by Gasteiger charge is -2.14. The lowest BCUT2D eigenvalue weighted by atomic mass is 10.1. The van der Waals surface area contributed by atoms with Crippen LogP contribution < -0.4 is 10.6 Å². The van der Waals surface area contributed by atoms with Gasteiger partial charge in [-0.15, -0.1) is 12.4 Å². The Morgan fingerprint density at radius 1 is 1.32 bits per heavy atom. The van der Waals surface area contributed by atoms with Crippen LogP contribution in [0.1, 0.15) is 5.56 Å². The van der Waals surface area contributed by atoms with E-state index in [1.54, 1.807) is 6.07 Å². The zero-order valence-electron chi connectivity index (χ0n) is 10.1. The summed E-state index contributed by atoms with van der Waals surface area (Å²) < 4.78 is 13.1. The monoisotopic (exact) mass is 328 g/mol. The second-order valence-electron chi connectivity index (χ2n) is 4.45. The standard InChI is InChI=1S/C12H15Cl2FN2O.ClH/c13-11-7(1-2-9(15)12(11)14)3-16-4-8-5-17-6-10(8)18;/h1-2,8,10,16-18H,3-6H2;1H. The molecule has 2 unspecified atom stereocenters. The molecule has 1 aromatic carbocycles. The third kappa shape index (κ3) is 4.18. The highest BCUT2D eigenvalue weighted by Crippen LogP contribution is 2.28. The molecule has 1 fully saturated rings. The fourth-order valence-corrected chi connectivity index (χ4v) is 2.43. The largest absolute Gasteiger partial charge is 0.391 e. The molecule has 2 atom stereocenters. The van der Waals surface area contributed by atoms with Gasteiger partial charge in [-0.05, 0) is 11.6 Å². The van der Waals surface area contributed by atoms with E-state index in [4.69, 9.17) is 23.2 Å². The van der Waals surface area contributed by atoms with Gasteiger partial charge in [0.05, 0.1) is 16.1 Å². The molecule has 0 spiro atoms. The molecule has 0 radical (unpaired) electrons. The highest BCUT2D eigenvalue weighted by atomic mass is 35.5. The first-order chi connectivity index (χ1) is 8.59. The molecular weight excluding hydrogens is 314 g/mol. The Balaban J connectivity index is 0.00000180. The van der Waals surface area contributed by atoms with E-state index in [1.807, 2.05) is 0 Å². The zero-order valence-corrected chi connectivity index (χ0v) is 12.5. The number of nitrogens with one attached hydrogen (secondary N) is 2. The molecular formula is C12H16Cl3FN2O. The molecule has 1 aliphatic heterocycles. The molecule has 108 valence electrons. The van der Waals surface area contributed by atoms with Crippen LogP contribution in [0.4, 0.5) is 4.39 Å². The number of benzene rings is 1. The molecule has 0 aromatic heterocycles. The van der Waals surface area contributed by atoms with E-state index < -0.39 is 5.82 Å². The summed E-state index contributed by atoms with van der Waals surface area (Å²) in [6.07, 6.45) is -0.315. The van der Waals surface area contributed by atoms with E-state index in [0.29, 0.717) is 19.6 Å². The maximum Gasteiger partial charge on any atom is 0.143 e. The van der Waals surface area contributed by atoms with E-state index in [9.17, 15) is 9.50 Å². The Morgan fingerprint density at radius 3 is 2.68 bits per heavy atom. The van der Waals surface area contributed by atoms with Gasteiger partial charge >= 0.3 is 0 Å². The Kier molecular flexibility index (Phi) is 6.80. The first-order valence-electron chi connectivity index (χ1n) is 5.81. The highest BCUT2D eigenvalue weighted by molar-refractivity contribution is 6.42. The van der Waals surface area contributed by atoms with Crippen LogP contribution in [-0.4, -0.2) is 30.8 Å². The van der Waals surface area contributed by atoms with Crippen molar-refractivity contribution in [2.75, 3.05) is 19.6 Å². The summed E-state index contributed by atoms with van der Waals surface area (Å²) in [6.45, 7) is 2.61. The maximum absolute atomic E-state index is 13.1. The molecule has 2 rings (SSSR count). The molecule has 0 bridgehead atoms. The molecule has 3 N–H and O–H groups in total. The Bertz CT molecular complexity index is 434. The third-order valence-corrected chi connectivity index (χ3v) is 4.04. The predicted octanol–water partition coefficient (Wildman–Crippen LogP) is 2.22. The van der Waals surface area contributed by atoms with Gasteiger partial charge < -0.3 is 15.7 Å². The van der Waals surface area contributed by atoms with Crippen LogP contribution in [0.25, 0.3) is 0 Å². The second-order valence-corrected chi connectivity index (χ2v) is 5.21. The summed E-state index contributed by atoms with van der Waals surface area (Å²) >= 11 is 11.7. The number of β-amino-alcohol motifs (C(OH)–C–C–N with tert-alkyl or cyclic N) is 1. The van der Waals surface area contributed by atoms with Crippen molar-refractivity contribution >= 4 is 35.6 Å². The number of aliphatic hydroxyl groups is 1. The normalized spacial score (nSPS) is 22.3. The third-order valence-electron chi connectivity index (χ3n) is 3.14. The molecule has 7 heteroatoms. The molecule has 3 nitrogen and oxygen atoms in total. The van der Waals surface area contributed by atoms with Gasteiger partial charge in [-0.3, -0.25) is 0 Å². The Labute approximate surface area is 127 Å². The van der Waals surface area contributed by atoms with Crippen LogP contribution in [0.5, 0.6) is 0 Å². The van der Waals surface area contributed by atoms with Gasteiger partial charge in [0.15, 0.2) is 0 Å². The van der Waals surface area contributed by atoms with Gasteiger partial charge in [0, 0.05) is 32.1 Å². The molecule has 1 saturated heterocycles. The Hall–Kier alpha value is -0.100. The van der Waals surface area contributed by atoms with Gasteiger partial charge in [-0.25, -0.2) is 4.39 Å². The van der Waals surface area contributed by atoms with Gasteiger partial charge in [0.1, 0.15) is 5.82 Å². The van der Waals surface area contributed by atoms with Crippen LogP contribution in [0.3, 0.4) is 0 Å². The van der Waals surface area contributed by atoms with Gasteiger partial charge in [-0.2, -0.15) is 0 Å². The number of hydrogen-bond donors (Lipinski definition) is 3. The summed E-state index contributed by atoms with van der Waals surface area (Å²) in [5, 5.41) is 16.1. The van der Waals surface area contributed by atoms with E-state index in [0.717, 1.165) is 12.1 Å². The van der Waals surface area contributed by atoms with Crippen molar-refractivity contribution in [1.29, 1.82) is 0 Å². The van der Waals surface area contributed by atoms with Crippen molar-refractivity contribution < 1.29 is 9.50 Å². The number of aliphatic hydroxyl groups excluding tert-OH is 1. The highest BCUT2D eigenvalue weighted by Gasteiger charge is 2.24. The van der Waals surface area contributed by atoms with E-state index >= 15 is 0 Å². The maximum atomic E-state index is 13.1. The summed E-state index contributed by atoms with van der Waals surface area (Å²) in [5.41, 5.74) is 0.753. The molecule has 19 heavy (non-hydrogen) atoms. The van der Waals surface area contributed by atoms with E-state index in [2.05, 4.69) is 10.6 Å². The summed E-state index contributed by atoms with van der Waals surface area (Å²) in [6, 6.07) is 2.91. The van der Waals surface area contributed by atoms with Crippen LogP contribution in [0.15, 0.2) is 12.1 Å². The zero-order chi connectivity index (χ0) is 13.1. The summed E-state index contributed by atoms with van der Waals surface area (Å²) in [5.74, 6) is -0.319. The fourth-order valence-electron chi connectivity index (χ4n) is 2.02. The van der Waals surface area contributed by atoms with Crippen molar-refractivity contribution in [3.63, 3.8) is 0 Å². The van der Waals surface area contributed by atoms with Crippen molar-refractivity contribution in [3.8, 4) is 0 Å². The molecule has 1 aromatic rings. The number of rotatable bonds is 4. The minimum absolute atomic E-state index is 0. The fraction of sp³-hybridized carbons (Fsp3) is 0.500. The minimum Gasteiger partial charge on any atom is -0.391 e. The van der Waals surface area contributed by atoms with Crippen LogP contribution in [0, 0.1) is 11.7 Å². The quantitative estimate of drug-likeness (QED) is 0.742. The molecule has 1 aliphatic rings. The average Bonchev–Trinajstić information content (AvgIpc) is 2.75. The SMILES string of the molecule is Cl.OC1CNCC1CNCc1ccc(F)c(Cl)c1Cl. The topological polar surface area (TPSA) is 44.3 Å². The number of hydrogen-bond acceptors (Lipinski definition) is 3. The first kappa shape index (κ1) is 17.0. The minimum atomic E-state index is -0.513. The van der Waals surface area contributed by atoms with Crippen LogP contribution in [0.2, 0.25) is 10.0 Å². The first-order valence-corrected chi connectivity index (χ1v) is 6.57. The average molecular weight is 330 g/mol.